The van der Waals surface area contributed by atoms with Crippen LogP contribution in [0.4, 0.5) is 13.2 Å². The van der Waals surface area contributed by atoms with Crippen molar-refractivity contribution in [2.45, 2.75) is 32.6 Å². The van der Waals surface area contributed by atoms with Crippen LogP contribution in [-0.2, 0) is 28.9 Å². The van der Waals surface area contributed by atoms with Gasteiger partial charge in [-0.2, -0.15) is 18.3 Å². The van der Waals surface area contributed by atoms with Crippen molar-refractivity contribution in [1.29, 1.82) is 0 Å². The summed E-state index contributed by atoms with van der Waals surface area (Å²) >= 11 is 0. The molecule has 0 radical (unpaired) electrons. The summed E-state index contributed by atoms with van der Waals surface area (Å²) in [6.45, 7) is 3.37. The summed E-state index contributed by atoms with van der Waals surface area (Å²) in [6.07, 6.45) is -0.827. The van der Waals surface area contributed by atoms with E-state index in [0.29, 0.717) is 18.7 Å². The molecule has 0 saturated carbocycles. The Kier molecular flexibility index (Phi) is 6.24. The fourth-order valence-electron chi connectivity index (χ4n) is 3.38. The molecule has 3 rings (SSSR count). The van der Waals surface area contributed by atoms with Gasteiger partial charge in [0.2, 0.25) is 11.8 Å². The van der Waals surface area contributed by atoms with E-state index in [0.717, 1.165) is 12.1 Å². The predicted octanol–water partition coefficient (Wildman–Crippen LogP) is 2.70. The number of aromatic nitrogens is 2. The van der Waals surface area contributed by atoms with E-state index in [4.69, 9.17) is 0 Å². The van der Waals surface area contributed by atoms with Crippen LogP contribution in [0.3, 0.4) is 0 Å². The number of alkyl halides is 3. The third kappa shape index (κ3) is 5.58. The van der Waals surface area contributed by atoms with Gasteiger partial charge in [0.05, 0.1) is 11.5 Å². The number of nitrogens with one attached hydrogen (secondary N) is 1. The van der Waals surface area contributed by atoms with Crippen molar-refractivity contribution in [3.8, 4) is 0 Å². The van der Waals surface area contributed by atoms with Crippen LogP contribution in [0.1, 0.15) is 24.5 Å². The molecule has 156 valence electrons. The molecule has 2 atom stereocenters. The van der Waals surface area contributed by atoms with Crippen LogP contribution in [-0.4, -0.2) is 39.6 Å². The quantitative estimate of drug-likeness (QED) is 0.766. The van der Waals surface area contributed by atoms with Gasteiger partial charge in [0.15, 0.2) is 0 Å². The van der Waals surface area contributed by atoms with Gasteiger partial charge in [-0.15, -0.1) is 0 Å². The molecular formula is C20H23F3N4O2. The van der Waals surface area contributed by atoms with E-state index in [1.165, 1.54) is 11.0 Å². The summed E-state index contributed by atoms with van der Waals surface area (Å²) in [6, 6.07) is 6.73. The zero-order chi connectivity index (χ0) is 21.0. The number of halogens is 3. The first-order chi connectivity index (χ1) is 13.7. The first kappa shape index (κ1) is 20.9. The molecule has 6 nitrogen and oxygen atoms in total. The average Bonchev–Trinajstić information content (AvgIpc) is 3.29. The average molecular weight is 408 g/mol. The number of likely N-dealkylation sites (tertiary alicyclic amines) is 1. The van der Waals surface area contributed by atoms with Crippen LogP contribution in [0.15, 0.2) is 42.7 Å². The van der Waals surface area contributed by atoms with E-state index >= 15 is 0 Å². The molecule has 1 N–H and O–H groups in total. The third-order valence-corrected chi connectivity index (χ3v) is 4.90. The molecule has 0 aliphatic carbocycles. The van der Waals surface area contributed by atoms with Gasteiger partial charge in [0.25, 0.3) is 0 Å². The van der Waals surface area contributed by atoms with Gasteiger partial charge < -0.3 is 10.2 Å². The maximum Gasteiger partial charge on any atom is 0.416 e. The highest BCUT2D eigenvalue weighted by atomic mass is 19.4. The Morgan fingerprint density at radius 1 is 1.34 bits per heavy atom. The molecule has 1 aromatic carbocycles. The van der Waals surface area contributed by atoms with Crippen LogP contribution in [0, 0.1) is 11.8 Å². The van der Waals surface area contributed by atoms with E-state index < -0.39 is 17.7 Å². The van der Waals surface area contributed by atoms with Gasteiger partial charge in [0, 0.05) is 45.0 Å². The molecule has 2 aromatic rings. The van der Waals surface area contributed by atoms with Crippen molar-refractivity contribution < 1.29 is 22.8 Å². The van der Waals surface area contributed by atoms with Crippen molar-refractivity contribution in [2.24, 2.45) is 11.8 Å². The number of hydrogen-bond donors (Lipinski definition) is 1. The third-order valence-electron chi connectivity index (χ3n) is 4.90. The lowest BCUT2D eigenvalue weighted by molar-refractivity contribution is -0.137. The van der Waals surface area contributed by atoms with Crippen molar-refractivity contribution in [3.05, 3.63) is 53.9 Å². The fraction of sp³-hybridized carbons (Fsp3) is 0.450. The molecule has 1 fully saturated rings. The smallest absolute Gasteiger partial charge is 0.355 e. The number of amides is 2. The first-order valence-electron chi connectivity index (χ1n) is 9.41. The molecule has 2 heterocycles. The molecule has 0 bridgehead atoms. The summed E-state index contributed by atoms with van der Waals surface area (Å²) in [5.74, 6) is -0.772. The van der Waals surface area contributed by atoms with Gasteiger partial charge in [-0.25, -0.2) is 0 Å². The molecule has 1 aliphatic heterocycles. The van der Waals surface area contributed by atoms with Gasteiger partial charge in [0.1, 0.15) is 0 Å². The highest BCUT2D eigenvalue weighted by molar-refractivity contribution is 5.89. The molecule has 2 amide bonds. The Hall–Kier alpha value is -2.84. The predicted molar refractivity (Wildman–Crippen MR) is 99.4 cm³/mol. The number of hydrogen-bond acceptors (Lipinski definition) is 3. The molecule has 1 saturated heterocycles. The van der Waals surface area contributed by atoms with Gasteiger partial charge in [-0.1, -0.05) is 19.1 Å². The van der Waals surface area contributed by atoms with E-state index in [-0.39, 0.29) is 37.2 Å². The van der Waals surface area contributed by atoms with E-state index in [1.807, 2.05) is 19.2 Å². The monoisotopic (exact) mass is 408 g/mol. The zero-order valence-corrected chi connectivity index (χ0v) is 16.0. The van der Waals surface area contributed by atoms with Crippen LogP contribution in [0.25, 0.3) is 0 Å². The van der Waals surface area contributed by atoms with E-state index in [1.54, 1.807) is 16.9 Å². The lowest BCUT2D eigenvalue weighted by Gasteiger charge is -2.18. The molecular weight excluding hydrogens is 385 g/mol. The Morgan fingerprint density at radius 3 is 2.83 bits per heavy atom. The van der Waals surface area contributed by atoms with Crippen molar-refractivity contribution in [3.63, 3.8) is 0 Å². The summed E-state index contributed by atoms with van der Waals surface area (Å²) in [5.41, 5.74) is -0.357. The highest BCUT2D eigenvalue weighted by Crippen LogP contribution is 2.30. The Labute approximate surface area is 166 Å². The second-order valence-electron chi connectivity index (χ2n) is 7.45. The molecule has 1 aliphatic rings. The number of carbonyl (C=O) groups excluding carboxylic acids is 2. The van der Waals surface area contributed by atoms with Crippen LogP contribution >= 0.6 is 0 Å². The minimum atomic E-state index is -4.43. The summed E-state index contributed by atoms with van der Waals surface area (Å²) in [7, 11) is 0. The van der Waals surface area contributed by atoms with E-state index in [2.05, 4.69) is 10.4 Å². The largest absolute Gasteiger partial charge is 0.416 e. The normalized spacial score (nSPS) is 18.1. The maximum atomic E-state index is 12.9. The number of nitrogens with zero attached hydrogens (tertiary/aromatic N) is 3. The summed E-state index contributed by atoms with van der Waals surface area (Å²) in [5, 5.41) is 6.99. The summed E-state index contributed by atoms with van der Waals surface area (Å²) < 4.78 is 40.4. The Bertz CT molecular complexity index is 852. The summed E-state index contributed by atoms with van der Waals surface area (Å²) in [4.78, 5) is 26.1. The molecule has 0 spiro atoms. The number of carbonyl (C=O) groups is 2. The molecule has 2 unspecified atom stereocenters. The van der Waals surface area contributed by atoms with Gasteiger partial charge >= 0.3 is 6.18 Å². The van der Waals surface area contributed by atoms with Gasteiger partial charge in [-0.3, -0.25) is 14.3 Å². The molecule has 1 aromatic heterocycles. The SMILES string of the molecule is CC(CNC(=O)C1CC(=O)N(Cc2cccc(C(F)(F)F)c2)C1)Cn1cccn1. The maximum absolute atomic E-state index is 12.9. The second kappa shape index (κ2) is 8.67. The van der Waals surface area contributed by atoms with Crippen molar-refractivity contribution in [2.75, 3.05) is 13.1 Å². The lowest BCUT2D eigenvalue weighted by atomic mass is 10.1. The minimum Gasteiger partial charge on any atom is -0.355 e. The fourth-order valence-corrected chi connectivity index (χ4v) is 3.38. The van der Waals surface area contributed by atoms with E-state index in [9.17, 15) is 22.8 Å². The lowest BCUT2D eigenvalue weighted by Crippen LogP contribution is -2.36. The first-order valence-corrected chi connectivity index (χ1v) is 9.41. The zero-order valence-electron chi connectivity index (χ0n) is 16.0. The topological polar surface area (TPSA) is 67.2 Å². The minimum absolute atomic E-state index is 0.0578. The van der Waals surface area contributed by atoms with Crippen molar-refractivity contribution >= 4 is 11.8 Å². The Balaban J connectivity index is 1.51. The number of benzene rings is 1. The molecule has 29 heavy (non-hydrogen) atoms. The molecule has 9 heteroatoms. The Morgan fingerprint density at radius 2 is 2.14 bits per heavy atom. The van der Waals surface area contributed by atoms with Crippen LogP contribution < -0.4 is 5.32 Å². The van der Waals surface area contributed by atoms with Gasteiger partial charge in [-0.05, 0) is 29.7 Å². The van der Waals surface area contributed by atoms with Crippen LogP contribution in [0.2, 0.25) is 0 Å². The standard InChI is InChI=1S/C20H23F3N4O2/c1-14(11-27-7-3-6-25-27)10-24-19(29)16-9-18(28)26(13-16)12-15-4-2-5-17(8-15)20(21,22)23/h2-8,14,16H,9-13H2,1H3,(H,24,29). The second-order valence-corrected chi connectivity index (χ2v) is 7.45. The van der Waals surface area contributed by atoms with Crippen LogP contribution in [0.5, 0.6) is 0 Å². The van der Waals surface area contributed by atoms with Crippen molar-refractivity contribution in [1.82, 2.24) is 20.0 Å². The number of rotatable bonds is 7. The highest BCUT2D eigenvalue weighted by Gasteiger charge is 2.35.